The maximum atomic E-state index is 13.2. The van der Waals surface area contributed by atoms with Gasteiger partial charge in [0.2, 0.25) is 5.91 Å². The monoisotopic (exact) mass is 235 g/mol. The van der Waals surface area contributed by atoms with Gasteiger partial charge >= 0.3 is 0 Å². The van der Waals surface area contributed by atoms with Crippen molar-refractivity contribution in [3.05, 3.63) is 29.6 Å². The number of fused-ring (bicyclic) bond motifs is 1. The van der Waals surface area contributed by atoms with Gasteiger partial charge in [-0.2, -0.15) is 0 Å². The highest BCUT2D eigenvalue weighted by Gasteiger charge is 2.32. The number of ether oxygens (including phenoxy) is 1. The molecule has 1 saturated carbocycles. The fourth-order valence-corrected chi connectivity index (χ4v) is 2.15. The molecule has 4 heteroatoms. The van der Waals surface area contributed by atoms with E-state index in [-0.39, 0.29) is 23.7 Å². The molecule has 0 saturated heterocycles. The van der Waals surface area contributed by atoms with Crippen LogP contribution in [0.2, 0.25) is 0 Å². The van der Waals surface area contributed by atoms with E-state index in [0.717, 1.165) is 18.4 Å². The van der Waals surface area contributed by atoms with E-state index in [0.29, 0.717) is 18.8 Å². The third-order valence-corrected chi connectivity index (χ3v) is 3.28. The molecule has 90 valence electrons. The summed E-state index contributed by atoms with van der Waals surface area (Å²) in [5, 5.41) is 2.98. The molecule has 0 aromatic heterocycles. The van der Waals surface area contributed by atoms with Crippen molar-refractivity contribution in [2.75, 3.05) is 6.61 Å². The Morgan fingerprint density at radius 2 is 2.18 bits per heavy atom. The van der Waals surface area contributed by atoms with E-state index in [1.807, 2.05) is 0 Å². The summed E-state index contributed by atoms with van der Waals surface area (Å²) < 4.78 is 18.7. The number of hydrogen-bond donors (Lipinski definition) is 1. The fraction of sp³-hybridized carbons (Fsp3) is 0.462. The van der Waals surface area contributed by atoms with Crippen molar-refractivity contribution in [3.8, 4) is 5.75 Å². The van der Waals surface area contributed by atoms with Gasteiger partial charge in [-0.1, -0.05) is 0 Å². The fourth-order valence-electron chi connectivity index (χ4n) is 2.15. The summed E-state index contributed by atoms with van der Waals surface area (Å²) in [5.74, 6) is 0.653. The Labute approximate surface area is 99.0 Å². The summed E-state index contributed by atoms with van der Waals surface area (Å²) in [6.45, 7) is 0.564. The van der Waals surface area contributed by atoms with Crippen molar-refractivity contribution in [2.24, 2.45) is 5.92 Å². The number of carbonyl (C=O) groups excluding carboxylic acids is 1. The van der Waals surface area contributed by atoms with Gasteiger partial charge in [-0.3, -0.25) is 4.79 Å². The summed E-state index contributed by atoms with van der Waals surface area (Å²) in [5.41, 5.74) is 0.755. The van der Waals surface area contributed by atoms with Crippen molar-refractivity contribution in [2.45, 2.75) is 25.3 Å². The summed E-state index contributed by atoms with van der Waals surface area (Å²) in [6.07, 6.45) is 2.66. The van der Waals surface area contributed by atoms with Crippen LogP contribution in [0.25, 0.3) is 0 Å². The summed E-state index contributed by atoms with van der Waals surface area (Å²) in [4.78, 5) is 11.7. The topological polar surface area (TPSA) is 38.3 Å². The molecule has 1 aliphatic carbocycles. The van der Waals surface area contributed by atoms with Crippen molar-refractivity contribution < 1.29 is 13.9 Å². The lowest BCUT2D eigenvalue weighted by atomic mass is 10.00. The zero-order valence-corrected chi connectivity index (χ0v) is 9.41. The molecule has 0 bridgehead atoms. The number of rotatable bonds is 2. The molecule has 3 nitrogen and oxygen atoms in total. The van der Waals surface area contributed by atoms with Crippen LogP contribution in [0.15, 0.2) is 18.2 Å². The molecule has 1 unspecified atom stereocenters. The van der Waals surface area contributed by atoms with Gasteiger partial charge in [0.05, 0.1) is 12.6 Å². The van der Waals surface area contributed by atoms with Crippen LogP contribution in [0.1, 0.15) is 30.9 Å². The van der Waals surface area contributed by atoms with Gasteiger partial charge in [0.25, 0.3) is 0 Å². The second-order valence-corrected chi connectivity index (χ2v) is 4.65. The lowest BCUT2D eigenvalue weighted by molar-refractivity contribution is -0.123. The smallest absolute Gasteiger partial charge is 0.223 e. The van der Waals surface area contributed by atoms with Gasteiger partial charge in [-0.15, -0.1) is 0 Å². The highest BCUT2D eigenvalue weighted by atomic mass is 19.1. The van der Waals surface area contributed by atoms with Crippen LogP contribution < -0.4 is 10.1 Å². The van der Waals surface area contributed by atoms with Gasteiger partial charge in [-0.25, -0.2) is 4.39 Å². The zero-order chi connectivity index (χ0) is 11.8. The minimum absolute atomic E-state index is 0.0899. The minimum Gasteiger partial charge on any atom is -0.493 e. The van der Waals surface area contributed by atoms with E-state index >= 15 is 0 Å². The molecule has 1 aromatic rings. The van der Waals surface area contributed by atoms with Gasteiger partial charge in [0.15, 0.2) is 0 Å². The second kappa shape index (κ2) is 4.02. The van der Waals surface area contributed by atoms with Crippen LogP contribution in [0.5, 0.6) is 5.75 Å². The maximum absolute atomic E-state index is 13.2. The molecule has 1 atom stereocenters. The summed E-state index contributed by atoms with van der Waals surface area (Å²) in [7, 11) is 0. The molecule has 1 heterocycles. The van der Waals surface area contributed by atoms with E-state index in [4.69, 9.17) is 4.74 Å². The normalized spacial score (nSPS) is 22.5. The lowest BCUT2D eigenvalue weighted by Gasteiger charge is -2.26. The quantitative estimate of drug-likeness (QED) is 0.853. The third-order valence-electron chi connectivity index (χ3n) is 3.28. The Hall–Kier alpha value is -1.58. The first-order valence-electron chi connectivity index (χ1n) is 5.96. The molecule has 1 fully saturated rings. The van der Waals surface area contributed by atoms with Gasteiger partial charge in [0.1, 0.15) is 11.6 Å². The van der Waals surface area contributed by atoms with Crippen LogP contribution in [-0.4, -0.2) is 12.5 Å². The number of halogens is 1. The van der Waals surface area contributed by atoms with Crippen LogP contribution in [0.3, 0.4) is 0 Å². The van der Waals surface area contributed by atoms with Crippen molar-refractivity contribution in [1.29, 1.82) is 0 Å². The van der Waals surface area contributed by atoms with Crippen LogP contribution in [-0.2, 0) is 4.79 Å². The molecular formula is C13H14FNO2. The lowest BCUT2D eigenvalue weighted by Crippen LogP contribution is -2.33. The molecular weight excluding hydrogens is 221 g/mol. The molecule has 0 radical (unpaired) electrons. The second-order valence-electron chi connectivity index (χ2n) is 4.65. The Balaban J connectivity index is 1.82. The first-order chi connectivity index (χ1) is 8.24. The first kappa shape index (κ1) is 10.6. The minimum atomic E-state index is -0.292. The van der Waals surface area contributed by atoms with E-state index in [2.05, 4.69) is 5.32 Å². The van der Waals surface area contributed by atoms with Gasteiger partial charge in [0, 0.05) is 17.9 Å². The van der Waals surface area contributed by atoms with Crippen LogP contribution in [0, 0.1) is 11.7 Å². The Morgan fingerprint density at radius 1 is 1.35 bits per heavy atom. The number of hydrogen-bond acceptors (Lipinski definition) is 2. The molecule has 2 aliphatic rings. The molecule has 1 amide bonds. The van der Waals surface area contributed by atoms with E-state index in [9.17, 15) is 9.18 Å². The molecule has 3 rings (SSSR count). The van der Waals surface area contributed by atoms with E-state index in [1.165, 1.54) is 12.1 Å². The van der Waals surface area contributed by atoms with Crippen molar-refractivity contribution >= 4 is 5.91 Å². The molecule has 1 aromatic carbocycles. The van der Waals surface area contributed by atoms with Gasteiger partial charge < -0.3 is 10.1 Å². The van der Waals surface area contributed by atoms with Gasteiger partial charge in [-0.05, 0) is 31.0 Å². The first-order valence-corrected chi connectivity index (χ1v) is 5.96. The predicted molar refractivity (Wildman–Crippen MR) is 60.1 cm³/mol. The van der Waals surface area contributed by atoms with E-state index in [1.54, 1.807) is 6.07 Å². The molecule has 17 heavy (non-hydrogen) atoms. The molecule has 1 aliphatic heterocycles. The van der Waals surface area contributed by atoms with E-state index < -0.39 is 0 Å². The largest absolute Gasteiger partial charge is 0.493 e. The predicted octanol–water partition coefficient (Wildman–Crippen LogP) is 2.18. The Kier molecular flexibility index (Phi) is 2.50. The number of carbonyl (C=O) groups is 1. The summed E-state index contributed by atoms with van der Waals surface area (Å²) >= 11 is 0. The standard InChI is InChI=1S/C13H14FNO2/c14-9-3-4-12-10(7-9)11(5-6-17-12)15-13(16)8-1-2-8/h3-4,7-8,11H,1-2,5-6H2,(H,15,16). The number of amides is 1. The highest BCUT2D eigenvalue weighted by molar-refractivity contribution is 5.81. The number of benzene rings is 1. The third kappa shape index (κ3) is 2.12. The highest BCUT2D eigenvalue weighted by Crippen LogP contribution is 2.34. The number of nitrogens with one attached hydrogen (secondary N) is 1. The average Bonchev–Trinajstić information content (AvgIpc) is 3.13. The van der Waals surface area contributed by atoms with Crippen LogP contribution in [0.4, 0.5) is 4.39 Å². The molecule has 0 spiro atoms. The molecule has 1 N–H and O–H groups in total. The van der Waals surface area contributed by atoms with Crippen LogP contribution >= 0.6 is 0 Å². The average molecular weight is 235 g/mol. The summed E-state index contributed by atoms with van der Waals surface area (Å²) in [6, 6.07) is 4.35. The maximum Gasteiger partial charge on any atom is 0.223 e. The Bertz CT molecular complexity index is 457. The van der Waals surface area contributed by atoms with Crippen molar-refractivity contribution in [3.63, 3.8) is 0 Å². The SMILES string of the molecule is O=C(NC1CCOc2ccc(F)cc21)C1CC1. The Morgan fingerprint density at radius 3 is 2.94 bits per heavy atom. The van der Waals surface area contributed by atoms with Crippen molar-refractivity contribution in [1.82, 2.24) is 5.32 Å². The zero-order valence-electron chi connectivity index (χ0n) is 9.41.